The van der Waals surface area contributed by atoms with Crippen LogP contribution in [0.2, 0.25) is 4.34 Å². The first-order chi connectivity index (χ1) is 9.89. The molecule has 1 aromatic carbocycles. The van der Waals surface area contributed by atoms with Crippen LogP contribution < -0.4 is 10.0 Å². The van der Waals surface area contributed by atoms with E-state index in [1.54, 1.807) is 36.9 Å². The number of hydrogen-bond donors (Lipinski definition) is 1. The van der Waals surface area contributed by atoms with Gasteiger partial charge in [0.2, 0.25) is 0 Å². The lowest BCUT2D eigenvalue weighted by atomic mass is 10.3. The van der Waals surface area contributed by atoms with Crippen LogP contribution in [0.15, 0.2) is 33.4 Å². The topological polar surface area (TPSA) is 63.4 Å². The van der Waals surface area contributed by atoms with E-state index < -0.39 is 10.0 Å². The van der Waals surface area contributed by atoms with Crippen molar-refractivity contribution < 1.29 is 8.42 Å². The van der Waals surface area contributed by atoms with Gasteiger partial charge >= 0.3 is 0 Å². The van der Waals surface area contributed by atoms with Crippen molar-refractivity contribution in [2.75, 3.05) is 22.3 Å². The molecule has 2 aromatic rings. The Bertz CT molecular complexity index is 782. The predicted molar refractivity (Wildman–Crippen MR) is 90.2 cm³/mol. The fraction of sp³-hybridized carbons (Fsp3) is 0.231. The molecule has 1 aliphatic heterocycles. The number of thioether (sulfide) groups is 1. The summed E-state index contributed by atoms with van der Waals surface area (Å²) in [4.78, 5) is 0.929. The molecule has 0 saturated heterocycles. The Kier molecular flexibility index (Phi) is 3.85. The van der Waals surface area contributed by atoms with E-state index in [1.807, 2.05) is 6.07 Å². The van der Waals surface area contributed by atoms with Gasteiger partial charge in [-0.05, 0) is 36.8 Å². The van der Waals surface area contributed by atoms with Gasteiger partial charge in [-0.3, -0.25) is 4.31 Å². The van der Waals surface area contributed by atoms with Gasteiger partial charge in [0, 0.05) is 22.9 Å². The molecule has 0 atom stereocenters. The van der Waals surface area contributed by atoms with Gasteiger partial charge in [-0.2, -0.15) is 0 Å². The molecule has 1 aliphatic rings. The van der Waals surface area contributed by atoms with E-state index in [1.165, 1.54) is 4.31 Å². The SMILES string of the molecule is Cc1cc(S(=O)(=O)N2CCSc3ccc(N)cc32)sc1Cl. The summed E-state index contributed by atoms with van der Waals surface area (Å²) in [5, 5.41) is 0. The highest BCUT2D eigenvalue weighted by atomic mass is 35.5. The highest BCUT2D eigenvalue weighted by Crippen LogP contribution is 2.40. The molecule has 1 aromatic heterocycles. The molecule has 2 N–H and O–H groups in total. The van der Waals surface area contributed by atoms with Crippen LogP contribution in [0.3, 0.4) is 0 Å². The van der Waals surface area contributed by atoms with Crippen molar-refractivity contribution in [3.8, 4) is 0 Å². The zero-order valence-electron chi connectivity index (χ0n) is 11.2. The first kappa shape index (κ1) is 15.0. The van der Waals surface area contributed by atoms with Crippen LogP contribution in [-0.4, -0.2) is 20.7 Å². The van der Waals surface area contributed by atoms with Crippen LogP contribution >= 0.6 is 34.7 Å². The van der Waals surface area contributed by atoms with E-state index >= 15 is 0 Å². The number of fused-ring (bicyclic) bond motifs is 1. The number of anilines is 2. The van der Waals surface area contributed by atoms with Crippen LogP contribution in [0.1, 0.15) is 5.56 Å². The standard InChI is InChI=1S/C13H13ClN2O2S3/c1-8-6-12(20-13(8)14)21(17,18)16-4-5-19-11-3-2-9(15)7-10(11)16/h2-3,6-7H,4-5,15H2,1H3. The number of aryl methyl sites for hydroxylation is 1. The second-order valence-electron chi connectivity index (χ2n) is 4.67. The first-order valence-corrected chi connectivity index (χ1v) is 9.82. The summed E-state index contributed by atoms with van der Waals surface area (Å²) < 4.78 is 27.9. The molecular weight excluding hydrogens is 348 g/mol. The molecule has 0 saturated carbocycles. The highest BCUT2D eigenvalue weighted by Gasteiger charge is 2.31. The normalized spacial score (nSPS) is 15.0. The van der Waals surface area contributed by atoms with E-state index in [9.17, 15) is 8.42 Å². The fourth-order valence-corrected chi connectivity index (χ4v) is 6.58. The van der Waals surface area contributed by atoms with Crippen molar-refractivity contribution in [3.05, 3.63) is 34.2 Å². The summed E-state index contributed by atoms with van der Waals surface area (Å²) >= 11 is 8.74. The number of halogens is 1. The van der Waals surface area contributed by atoms with Crippen LogP contribution in [0.5, 0.6) is 0 Å². The Morgan fingerprint density at radius 1 is 1.33 bits per heavy atom. The summed E-state index contributed by atoms with van der Waals surface area (Å²) in [6.07, 6.45) is 0. The molecule has 0 radical (unpaired) electrons. The highest BCUT2D eigenvalue weighted by molar-refractivity contribution is 8.00. The molecule has 21 heavy (non-hydrogen) atoms. The number of nitrogen functional groups attached to an aromatic ring is 1. The van der Waals surface area contributed by atoms with Crippen molar-refractivity contribution in [2.45, 2.75) is 16.0 Å². The number of benzene rings is 1. The second kappa shape index (κ2) is 5.39. The molecule has 8 heteroatoms. The Labute approximate surface area is 137 Å². The minimum absolute atomic E-state index is 0.269. The maximum absolute atomic E-state index is 12.9. The van der Waals surface area contributed by atoms with E-state index in [0.29, 0.717) is 28.0 Å². The third-order valence-corrected chi connectivity index (χ3v) is 8.04. The van der Waals surface area contributed by atoms with Crippen molar-refractivity contribution in [2.24, 2.45) is 0 Å². The Morgan fingerprint density at radius 3 is 2.76 bits per heavy atom. The largest absolute Gasteiger partial charge is 0.399 e. The lowest BCUT2D eigenvalue weighted by Gasteiger charge is -2.29. The molecule has 0 amide bonds. The summed E-state index contributed by atoms with van der Waals surface area (Å²) in [6, 6.07) is 6.98. The van der Waals surface area contributed by atoms with E-state index in [2.05, 4.69) is 0 Å². The van der Waals surface area contributed by atoms with Gasteiger partial charge in [0.15, 0.2) is 0 Å². The molecule has 4 nitrogen and oxygen atoms in total. The zero-order chi connectivity index (χ0) is 15.2. The zero-order valence-corrected chi connectivity index (χ0v) is 14.4. The van der Waals surface area contributed by atoms with Crippen molar-refractivity contribution >= 4 is 56.1 Å². The minimum Gasteiger partial charge on any atom is -0.399 e. The Morgan fingerprint density at radius 2 is 2.10 bits per heavy atom. The van der Waals surface area contributed by atoms with Gasteiger partial charge in [-0.1, -0.05) is 11.6 Å². The lowest BCUT2D eigenvalue weighted by molar-refractivity contribution is 0.593. The average molecular weight is 361 g/mol. The van der Waals surface area contributed by atoms with Crippen LogP contribution in [-0.2, 0) is 10.0 Å². The number of nitrogens with zero attached hydrogens (tertiary/aromatic N) is 1. The van der Waals surface area contributed by atoms with E-state index in [0.717, 1.165) is 21.8 Å². The maximum Gasteiger partial charge on any atom is 0.273 e. The minimum atomic E-state index is -3.60. The fourth-order valence-electron chi connectivity index (χ4n) is 2.13. The molecular formula is C13H13ClN2O2S3. The third-order valence-electron chi connectivity index (χ3n) is 3.18. The number of nitrogens with two attached hydrogens (primary N) is 1. The molecule has 0 spiro atoms. The van der Waals surface area contributed by atoms with Crippen LogP contribution in [0, 0.1) is 6.92 Å². The van der Waals surface area contributed by atoms with Gasteiger partial charge in [0.25, 0.3) is 10.0 Å². The summed E-state index contributed by atoms with van der Waals surface area (Å²) in [7, 11) is -3.60. The van der Waals surface area contributed by atoms with Crippen LogP contribution in [0.25, 0.3) is 0 Å². The van der Waals surface area contributed by atoms with E-state index in [-0.39, 0.29) is 4.21 Å². The third kappa shape index (κ3) is 2.63. The molecule has 0 fully saturated rings. The van der Waals surface area contributed by atoms with E-state index in [4.69, 9.17) is 17.3 Å². The van der Waals surface area contributed by atoms with Crippen LogP contribution in [0.4, 0.5) is 11.4 Å². The Hall–Kier alpha value is -0.890. The quantitative estimate of drug-likeness (QED) is 0.831. The summed E-state index contributed by atoms with van der Waals surface area (Å²) in [5.41, 5.74) is 7.78. The van der Waals surface area contributed by atoms with Crippen molar-refractivity contribution in [3.63, 3.8) is 0 Å². The maximum atomic E-state index is 12.9. The summed E-state index contributed by atoms with van der Waals surface area (Å²) in [6.45, 7) is 2.23. The molecule has 0 bridgehead atoms. The van der Waals surface area contributed by atoms with Gasteiger partial charge in [-0.15, -0.1) is 23.1 Å². The van der Waals surface area contributed by atoms with Gasteiger partial charge in [-0.25, -0.2) is 8.42 Å². The lowest BCUT2D eigenvalue weighted by Crippen LogP contribution is -2.35. The molecule has 2 heterocycles. The summed E-state index contributed by atoms with van der Waals surface area (Å²) in [5.74, 6) is 0.717. The smallest absolute Gasteiger partial charge is 0.273 e. The molecule has 0 unspecified atom stereocenters. The molecule has 3 rings (SSSR count). The van der Waals surface area contributed by atoms with Gasteiger partial charge in [0.05, 0.1) is 10.0 Å². The number of hydrogen-bond acceptors (Lipinski definition) is 5. The number of thiophene rings is 1. The van der Waals surface area contributed by atoms with Crippen molar-refractivity contribution in [1.82, 2.24) is 0 Å². The average Bonchev–Trinajstić information content (AvgIpc) is 2.78. The number of rotatable bonds is 2. The Balaban J connectivity index is 2.11. The predicted octanol–water partition coefficient (Wildman–Crippen LogP) is 3.59. The second-order valence-corrected chi connectivity index (χ2v) is 9.56. The first-order valence-electron chi connectivity index (χ1n) is 6.20. The van der Waals surface area contributed by atoms with Crippen molar-refractivity contribution in [1.29, 1.82) is 0 Å². The molecule has 0 aliphatic carbocycles. The monoisotopic (exact) mass is 360 g/mol. The van der Waals surface area contributed by atoms with Gasteiger partial charge < -0.3 is 5.73 Å². The van der Waals surface area contributed by atoms with Gasteiger partial charge in [0.1, 0.15) is 4.21 Å². The number of sulfonamides is 1. The molecule has 112 valence electrons.